The van der Waals surface area contributed by atoms with E-state index in [1.54, 1.807) is 18.2 Å². The summed E-state index contributed by atoms with van der Waals surface area (Å²) in [4.78, 5) is 53.1. The minimum Gasteiger partial charge on any atom is -0.496 e. The molecular formula is C24H29F2N5O5. The fourth-order valence-corrected chi connectivity index (χ4v) is 4.57. The Labute approximate surface area is 205 Å². The maximum atomic E-state index is 13.7. The number of carbonyl (C=O) groups is 4. The van der Waals surface area contributed by atoms with Gasteiger partial charge >= 0.3 is 0 Å². The predicted molar refractivity (Wildman–Crippen MR) is 125 cm³/mol. The molecule has 2 aromatic rings. The van der Waals surface area contributed by atoms with Crippen LogP contribution in [-0.2, 0) is 14.4 Å². The number of H-pyrrole nitrogens is 1. The van der Waals surface area contributed by atoms with E-state index in [-0.39, 0.29) is 24.4 Å². The monoisotopic (exact) mass is 505 g/mol. The number of nitrogens with two attached hydrogens (primary N) is 1. The second-order valence-corrected chi connectivity index (χ2v) is 9.36. The van der Waals surface area contributed by atoms with E-state index in [2.05, 4.69) is 20.9 Å². The molecule has 4 rings (SSSR count). The maximum absolute atomic E-state index is 13.7. The fourth-order valence-electron chi connectivity index (χ4n) is 4.57. The summed E-state index contributed by atoms with van der Waals surface area (Å²) in [5.74, 6) is -6.57. The number of nitrogens with one attached hydrogen (secondary N) is 4. The van der Waals surface area contributed by atoms with Crippen LogP contribution in [0.1, 0.15) is 42.6 Å². The number of primary amides is 1. The van der Waals surface area contributed by atoms with Crippen LogP contribution in [0.15, 0.2) is 24.3 Å². The summed E-state index contributed by atoms with van der Waals surface area (Å²) in [6.07, 6.45) is 0.528. The summed E-state index contributed by atoms with van der Waals surface area (Å²) in [6.45, 7) is 0.534. The normalized spacial score (nSPS) is 22.2. The zero-order valence-electron chi connectivity index (χ0n) is 19.7. The molecule has 4 atom stereocenters. The third-order valence-electron chi connectivity index (χ3n) is 6.77. The van der Waals surface area contributed by atoms with Crippen LogP contribution in [-0.4, -0.2) is 60.3 Å². The summed E-state index contributed by atoms with van der Waals surface area (Å²) in [7, 11) is 1.49. The van der Waals surface area contributed by atoms with E-state index in [1.807, 2.05) is 0 Å². The first-order valence-electron chi connectivity index (χ1n) is 11.8. The molecule has 10 nitrogen and oxygen atoms in total. The number of amides is 4. The highest BCUT2D eigenvalue weighted by Gasteiger charge is 2.57. The van der Waals surface area contributed by atoms with Crippen LogP contribution < -0.4 is 26.4 Å². The molecule has 1 saturated heterocycles. The lowest BCUT2D eigenvalue weighted by atomic mass is 9.91. The van der Waals surface area contributed by atoms with Crippen LogP contribution in [0.25, 0.3) is 10.9 Å². The molecule has 194 valence electrons. The minimum absolute atomic E-state index is 0.0189. The average Bonchev–Trinajstić information content (AvgIpc) is 3.23. The molecule has 1 aromatic heterocycles. The fraction of sp³-hybridized carbons (Fsp3) is 0.500. The minimum atomic E-state index is -2.92. The molecule has 1 saturated carbocycles. The number of carbonyl (C=O) groups excluding carboxylic acids is 4. The lowest BCUT2D eigenvalue weighted by molar-refractivity contribution is -0.131. The van der Waals surface area contributed by atoms with Gasteiger partial charge in [-0.1, -0.05) is 6.07 Å². The smallest absolute Gasteiger partial charge is 0.268 e. The highest BCUT2D eigenvalue weighted by Crippen LogP contribution is 2.51. The first-order chi connectivity index (χ1) is 17.1. The summed E-state index contributed by atoms with van der Waals surface area (Å²) in [5, 5.41) is 8.31. The van der Waals surface area contributed by atoms with Crippen molar-refractivity contribution in [1.82, 2.24) is 20.9 Å². The van der Waals surface area contributed by atoms with E-state index in [0.29, 0.717) is 29.6 Å². The summed E-state index contributed by atoms with van der Waals surface area (Å²) < 4.78 is 32.6. The molecule has 2 aliphatic rings. The number of hydrogen-bond acceptors (Lipinski definition) is 5. The third kappa shape index (κ3) is 5.58. The lowest BCUT2D eigenvalue weighted by Gasteiger charge is -2.27. The Balaban J connectivity index is 1.49. The van der Waals surface area contributed by atoms with Crippen molar-refractivity contribution in [2.45, 2.75) is 50.1 Å². The molecule has 0 spiro atoms. The highest BCUT2D eigenvalue weighted by atomic mass is 19.3. The van der Waals surface area contributed by atoms with E-state index in [4.69, 9.17) is 10.5 Å². The average molecular weight is 506 g/mol. The molecule has 2 heterocycles. The molecule has 0 bridgehead atoms. The number of aromatic amines is 1. The first-order valence-corrected chi connectivity index (χ1v) is 11.8. The molecular weight excluding hydrogens is 476 g/mol. The number of fused-ring (bicyclic) bond motifs is 1. The number of aromatic nitrogens is 1. The Hall–Kier alpha value is -3.70. The van der Waals surface area contributed by atoms with E-state index >= 15 is 0 Å². The second kappa shape index (κ2) is 10.1. The molecule has 2 fully saturated rings. The van der Waals surface area contributed by atoms with Crippen LogP contribution in [0.3, 0.4) is 0 Å². The number of piperidine rings is 1. The number of benzene rings is 1. The molecule has 0 radical (unpaired) electrons. The molecule has 1 aliphatic heterocycles. The molecule has 1 aromatic carbocycles. The van der Waals surface area contributed by atoms with Crippen molar-refractivity contribution < 1.29 is 32.7 Å². The van der Waals surface area contributed by atoms with Gasteiger partial charge in [0, 0.05) is 35.7 Å². The second-order valence-electron chi connectivity index (χ2n) is 9.36. The largest absolute Gasteiger partial charge is 0.496 e. The van der Waals surface area contributed by atoms with Gasteiger partial charge in [0.25, 0.3) is 11.8 Å². The van der Waals surface area contributed by atoms with Crippen molar-refractivity contribution in [3.63, 3.8) is 0 Å². The van der Waals surface area contributed by atoms with Gasteiger partial charge in [0.2, 0.25) is 17.7 Å². The maximum Gasteiger partial charge on any atom is 0.268 e. The van der Waals surface area contributed by atoms with E-state index in [0.717, 1.165) is 6.42 Å². The summed E-state index contributed by atoms with van der Waals surface area (Å²) >= 11 is 0. The SMILES string of the molecule is COc1cccc2[nH]c(C(=O)N[C@@H](CC3CC3(F)F)C(=O)N[C@@H](C[C@@H]3CCCNC3=O)C(N)=O)cc12. The van der Waals surface area contributed by atoms with Crippen molar-refractivity contribution >= 4 is 34.5 Å². The summed E-state index contributed by atoms with van der Waals surface area (Å²) in [5.41, 5.74) is 6.19. The summed E-state index contributed by atoms with van der Waals surface area (Å²) in [6, 6.07) is 4.20. The van der Waals surface area contributed by atoms with Crippen LogP contribution in [0.5, 0.6) is 5.75 Å². The lowest BCUT2D eigenvalue weighted by Crippen LogP contribution is -2.54. The Kier molecular flexibility index (Phi) is 7.14. The first kappa shape index (κ1) is 25.4. The van der Waals surface area contributed by atoms with Crippen molar-refractivity contribution in [1.29, 1.82) is 0 Å². The number of alkyl halides is 2. The highest BCUT2D eigenvalue weighted by molar-refractivity contribution is 6.01. The zero-order chi connectivity index (χ0) is 26.0. The molecule has 1 unspecified atom stereocenters. The Morgan fingerprint density at radius 3 is 2.61 bits per heavy atom. The van der Waals surface area contributed by atoms with Gasteiger partial charge in [-0.15, -0.1) is 0 Å². The van der Waals surface area contributed by atoms with Crippen molar-refractivity contribution in [2.75, 3.05) is 13.7 Å². The number of methoxy groups -OCH3 is 1. The van der Waals surface area contributed by atoms with Crippen LogP contribution in [0.2, 0.25) is 0 Å². The Morgan fingerprint density at radius 1 is 1.22 bits per heavy atom. The molecule has 36 heavy (non-hydrogen) atoms. The van der Waals surface area contributed by atoms with Gasteiger partial charge in [-0.05, 0) is 43.9 Å². The number of halogens is 2. The molecule has 6 N–H and O–H groups in total. The van der Waals surface area contributed by atoms with Crippen molar-refractivity contribution in [3.8, 4) is 5.75 Å². The molecule has 1 aliphatic carbocycles. The van der Waals surface area contributed by atoms with Gasteiger partial charge in [0.15, 0.2) is 0 Å². The molecule has 4 amide bonds. The quantitative estimate of drug-likeness (QED) is 0.328. The third-order valence-corrected chi connectivity index (χ3v) is 6.77. The standard InChI is InChI=1S/C24H29F2N5O5/c1-36-19-6-2-5-15-14(19)10-18(29-15)23(35)31-17(9-13-11-24(13,25)26)22(34)30-16(20(27)32)8-12-4-3-7-28-21(12)33/h2,5-6,10,12-13,16-17,29H,3-4,7-9,11H2,1H3,(H2,27,32)(H,28,33)(H,30,34)(H,31,35)/t12-,13?,16-,17-/m0/s1. The zero-order valence-corrected chi connectivity index (χ0v) is 19.7. The van der Waals surface area contributed by atoms with E-state index in [1.165, 1.54) is 13.2 Å². The number of ether oxygens (including phenoxy) is 1. The topological polar surface area (TPSA) is 155 Å². The van der Waals surface area contributed by atoms with Crippen molar-refractivity contribution in [2.24, 2.45) is 17.6 Å². The Morgan fingerprint density at radius 2 is 1.97 bits per heavy atom. The number of hydrogen-bond donors (Lipinski definition) is 5. The van der Waals surface area contributed by atoms with Crippen LogP contribution in [0, 0.1) is 11.8 Å². The van der Waals surface area contributed by atoms with Crippen LogP contribution in [0.4, 0.5) is 8.78 Å². The van der Waals surface area contributed by atoms with Gasteiger partial charge in [-0.3, -0.25) is 19.2 Å². The van der Waals surface area contributed by atoms with Crippen molar-refractivity contribution in [3.05, 3.63) is 30.0 Å². The van der Waals surface area contributed by atoms with E-state index < -0.39 is 54.0 Å². The van der Waals surface area contributed by atoms with Gasteiger partial charge in [0.05, 0.1) is 7.11 Å². The van der Waals surface area contributed by atoms with Crippen LogP contribution >= 0.6 is 0 Å². The van der Waals surface area contributed by atoms with Gasteiger partial charge in [0.1, 0.15) is 23.5 Å². The molecule has 12 heteroatoms. The predicted octanol–water partition coefficient (Wildman–Crippen LogP) is 1.21. The van der Waals surface area contributed by atoms with E-state index in [9.17, 15) is 28.0 Å². The Bertz CT molecular complexity index is 1180. The number of rotatable bonds is 10. The van der Waals surface area contributed by atoms with Gasteiger partial charge in [-0.25, -0.2) is 8.78 Å². The van der Waals surface area contributed by atoms with Gasteiger partial charge < -0.3 is 31.4 Å². The van der Waals surface area contributed by atoms with Gasteiger partial charge in [-0.2, -0.15) is 0 Å².